The van der Waals surface area contributed by atoms with E-state index < -0.39 is 34.5 Å². The van der Waals surface area contributed by atoms with Gasteiger partial charge in [-0.15, -0.1) is 12.6 Å². The van der Waals surface area contributed by atoms with Crippen molar-refractivity contribution in [3.05, 3.63) is 111 Å². The molecule has 0 N–H and O–H groups in total. The van der Waals surface area contributed by atoms with E-state index in [-0.39, 0.29) is 21.7 Å². The quantitative estimate of drug-likeness (QED) is 0.187. The van der Waals surface area contributed by atoms with Gasteiger partial charge in [0.05, 0.1) is 21.3 Å². The van der Waals surface area contributed by atoms with Crippen molar-refractivity contribution in [2.45, 2.75) is 38.8 Å². The third-order valence-electron chi connectivity index (χ3n) is 5.19. The normalized spacial score (nSPS) is 10.7. The van der Waals surface area contributed by atoms with Gasteiger partial charge in [-0.25, -0.2) is 23.7 Å². The summed E-state index contributed by atoms with van der Waals surface area (Å²) in [7, 11) is -3.11. The second-order valence-corrected chi connectivity index (χ2v) is 9.48. The zero-order chi connectivity index (χ0) is 31.3. The first kappa shape index (κ1) is 34.5. The minimum absolute atomic E-state index is 0.0446. The van der Waals surface area contributed by atoms with Crippen LogP contribution >= 0.6 is 23.2 Å². The Balaban J connectivity index is 0.000000470. The van der Waals surface area contributed by atoms with E-state index in [0.29, 0.717) is 25.0 Å². The van der Waals surface area contributed by atoms with Crippen LogP contribution in [0, 0.1) is 6.92 Å². The Hall–Kier alpha value is -3.68. The molecule has 0 aliphatic rings. The maximum atomic E-state index is 12.8. The number of halogens is 7. The summed E-state index contributed by atoms with van der Waals surface area (Å²) in [6, 6.07) is 16.3. The van der Waals surface area contributed by atoms with Crippen LogP contribution < -0.4 is 4.74 Å². The molecule has 7 nitrogen and oxygen atoms in total. The zero-order valence-corrected chi connectivity index (χ0v) is 24.0. The number of hydrogen-bond donors (Lipinski definition) is 0. The van der Waals surface area contributed by atoms with Crippen LogP contribution in [0.15, 0.2) is 73.2 Å². The average Bonchev–Trinajstić information content (AvgIpc) is 2.91. The SMILES string of the molecule is Cc1ccccc1.FC(F)c1ncnc(CCCc2ccc(Oc3ccc(C(F)(F)F)cc3Cl)nc2)c1Cl.O=S(=O)=O. The van der Waals surface area contributed by atoms with E-state index in [4.69, 9.17) is 40.6 Å². The molecule has 0 saturated heterocycles. The van der Waals surface area contributed by atoms with Crippen molar-refractivity contribution in [2.24, 2.45) is 0 Å². The van der Waals surface area contributed by atoms with Crippen molar-refractivity contribution in [3.8, 4) is 11.6 Å². The Morgan fingerprint density at radius 3 is 2.07 bits per heavy atom. The lowest BCUT2D eigenvalue weighted by Crippen LogP contribution is -2.04. The lowest BCUT2D eigenvalue weighted by molar-refractivity contribution is -0.137. The van der Waals surface area contributed by atoms with Gasteiger partial charge in [0.25, 0.3) is 6.43 Å². The van der Waals surface area contributed by atoms with E-state index >= 15 is 0 Å². The molecule has 0 atom stereocenters. The first-order chi connectivity index (χ1) is 19.8. The number of aryl methyl sites for hydroxylation is 3. The summed E-state index contributed by atoms with van der Waals surface area (Å²) >= 11 is 11.8. The summed E-state index contributed by atoms with van der Waals surface area (Å²) in [5.74, 6) is 0.203. The molecule has 2 aromatic heterocycles. The minimum Gasteiger partial charge on any atom is -0.437 e. The van der Waals surface area contributed by atoms with Crippen molar-refractivity contribution >= 4 is 33.8 Å². The highest BCUT2D eigenvalue weighted by atomic mass is 35.5. The highest BCUT2D eigenvalue weighted by Gasteiger charge is 2.31. The molecule has 0 radical (unpaired) electrons. The maximum absolute atomic E-state index is 12.8. The van der Waals surface area contributed by atoms with Gasteiger partial charge in [0.2, 0.25) is 5.88 Å². The second kappa shape index (κ2) is 16.7. The Morgan fingerprint density at radius 2 is 1.57 bits per heavy atom. The van der Waals surface area contributed by atoms with Crippen molar-refractivity contribution in [1.29, 1.82) is 0 Å². The number of ether oxygens (including phenoxy) is 1. The maximum Gasteiger partial charge on any atom is 0.425 e. The third kappa shape index (κ3) is 12.0. The van der Waals surface area contributed by atoms with Crippen LogP contribution in [-0.4, -0.2) is 27.6 Å². The molecule has 224 valence electrons. The lowest BCUT2D eigenvalue weighted by Gasteiger charge is -2.11. The summed E-state index contributed by atoms with van der Waals surface area (Å²) in [5, 5.41) is -0.321. The van der Waals surface area contributed by atoms with Crippen LogP contribution in [0.2, 0.25) is 10.0 Å². The van der Waals surface area contributed by atoms with Crippen molar-refractivity contribution < 1.29 is 39.3 Å². The topological polar surface area (TPSA) is 99.1 Å². The van der Waals surface area contributed by atoms with Gasteiger partial charge in [-0.1, -0.05) is 65.2 Å². The number of rotatable bonds is 7. The molecule has 0 spiro atoms. The van der Waals surface area contributed by atoms with E-state index in [1.165, 1.54) is 5.56 Å². The van der Waals surface area contributed by atoms with Crippen LogP contribution in [0.4, 0.5) is 22.0 Å². The van der Waals surface area contributed by atoms with E-state index in [1.54, 1.807) is 18.3 Å². The fourth-order valence-electron chi connectivity index (χ4n) is 3.23. The van der Waals surface area contributed by atoms with E-state index in [0.717, 1.165) is 30.1 Å². The fourth-order valence-corrected chi connectivity index (χ4v) is 3.73. The van der Waals surface area contributed by atoms with Crippen molar-refractivity contribution in [1.82, 2.24) is 15.0 Å². The predicted octanol–water partition coefficient (Wildman–Crippen LogP) is 8.09. The number of aromatic nitrogens is 3. The van der Waals surface area contributed by atoms with Crippen molar-refractivity contribution in [3.63, 3.8) is 0 Å². The van der Waals surface area contributed by atoms with Crippen LogP contribution in [0.25, 0.3) is 0 Å². The molecule has 0 amide bonds. The molecule has 2 heterocycles. The minimum atomic E-state index is -4.50. The Kier molecular flexibility index (Phi) is 13.7. The van der Waals surface area contributed by atoms with Gasteiger partial charge < -0.3 is 4.74 Å². The molecule has 42 heavy (non-hydrogen) atoms. The molecule has 4 rings (SSSR count). The molecular formula is C27H22Cl2F5N3O4S. The van der Waals surface area contributed by atoms with Crippen LogP contribution in [-0.2, 0) is 29.6 Å². The third-order valence-corrected chi connectivity index (χ3v) is 5.89. The van der Waals surface area contributed by atoms with Gasteiger partial charge in [0, 0.05) is 12.3 Å². The number of alkyl halides is 5. The highest BCUT2D eigenvalue weighted by molar-refractivity contribution is 7.59. The Labute approximate surface area is 249 Å². The fraction of sp³-hybridized carbons (Fsp3) is 0.222. The lowest BCUT2D eigenvalue weighted by atomic mass is 10.1. The average molecular weight is 650 g/mol. The largest absolute Gasteiger partial charge is 0.437 e. The Morgan fingerprint density at radius 1 is 0.905 bits per heavy atom. The standard InChI is InChI=1S/C20H14Cl2F5N3O.C7H8.O3S/c21-13-8-12(20(25,26)27)5-6-15(13)31-16-7-4-11(9-28-16)2-1-3-14-17(22)18(19(23)24)30-10-29-14;1-7-5-3-2-4-6-7;1-4(2)3/h4-10,19H,1-3H2;2-6H,1H3;. The molecule has 0 bridgehead atoms. The smallest absolute Gasteiger partial charge is 0.425 e. The summed E-state index contributed by atoms with van der Waals surface area (Å²) in [6.07, 6.45) is -3.16. The van der Waals surface area contributed by atoms with Gasteiger partial charge in [-0.05, 0) is 49.9 Å². The van der Waals surface area contributed by atoms with E-state index in [9.17, 15) is 22.0 Å². The van der Waals surface area contributed by atoms with E-state index in [1.807, 2.05) is 18.2 Å². The van der Waals surface area contributed by atoms with Crippen LogP contribution in [0.1, 0.15) is 40.9 Å². The number of hydrogen-bond acceptors (Lipinski definition) is 7. The highest BCUT2D eigenvalue weighted by Crippen LogP contribution is 2.36. The zero-order valence-electron chi connectivity index (χ0n) is 21.7. The Bertz CT molecular complexity index is 1540. The molecule has 15 heteroatoms. The first-order valence-corrected chi connectivity index (χ1v) is 13.6. The molecule has 0 unspecified atom stereocenters. The predicted molar refractivity (Wildman–Crippen MR) is 146 cm³/mol. The number of nitrogens with zero attached hydrogens (tertiary/aromatic N) is 3. The first-order valence-electron chi connectivity index (χ1n) is 11.8. The summed E-state index contributed by atoms with van der Waals surface area (Å²) in [4.78, 5) is 11.6. The van der Waals surface area contributed by atoms with Crippen LogP contribution in [0.3, 0.4) is 0 Å². The molecular weight excluding hydrogens is 628 g/mol. The van der Waals surface area contributed by atoms with Gasteiger partial charge in [-0.3, -0.25) is 0 Å². The molecule has 0 fully saturated rings. The molecule has 4 aromatic rings. The van der Waals surface area contributed by atoms with Gasteiger partial charge in [-0.2, -0.15) is 13.2 Å². The molecule has 2 aromatic carbocycles. The monoisotopic (exact) mass is 649 g/mol. The summed E-state index contributed by atoms with van der Waals surface area (Å²) in [5.41, 5.74) is 1.14. The molecule has 0 aliphatic heterocycles. The van der Waals surface area contributed by atoms with E-state index in [2.05, 4.69) is 34.0 Å². The number of benzene rings is 2. The summed E-state index contributed by atoms with van der Waals surface area (Å²) < 4.78 is 94.5. The molecule has 0 aliphatic carbocycles. The van der Waals surface area contributed by atoms with Crippen LogP contribution in [0.5, 0.6) is 11.6 Å². The van der Waals surface area contributed by atoms with Gasteiger partial charge in [0.15, 0.2) is 0 Å². The number of pyridine rings is 1. The second-order valence-electron chi connectivity index (χ2n) is 8.28. The summed E-state index contributed by atoms with van der Waals surface area (Å²) in [6.45, 7) is 2.08. The van der Waals surface area contributed by atoms with Crippen molar-refractivity contribution in [2.75, 3.05) is 0 Å². The van der Waals surface area contributed by atoms with Gasteiger partial charge >= 0.3 is 16.8 Å². The molecule has 0 saturated carbocycles. The van der Waals surface area contributed by atoms with Gasteiger partial charge in [0.1, 0.15) is 17.8 Å².